The van der Waals surface area contributed by atoms with E-state index in [2.05, 4.69) is 10.6 Å². The van der Waals surface area contributed by atoms with Gasteiger partial charge in [-0.3, -0.25) is 14.4 Å². The van der Waals surface area contributed by atoms with E-state index in [1.807, 2.05) is 12.1 Å². The molecule has 0 radical (unpaired) electrons. The van der Waals surface area contributed by atoms with Gasteiger partial charge in [-0.05, 0) is 54.4 Å². The summed E-state index contributed by atoms with van der Waals surface area (Å²) in [4.78, 5) is 36.7. The molecule has 0 bridgehead atoms. The molecule has 25 heavy (non-hydrogen) atoms. The third-order valence-electron chi connectivity index (χ3n) is 4.08. The van der Waals surface area contributed by atoms with E-state index in [9.17, 15) is 14.4 Å². The molecule has 3 rings (SSSR count). The summed E-state index contributed by atoms with van der Waals surface area (Å²) in [6.07, 6.45) is 0.751. The Morgan fingerprint density at radius 3 is 2.16 bits per heavy atom. The van der Waals surface area contributed by atoms with Gasteiger partial charge in [0.05, 0.1) is 0 Å². The second-order valence-corrected chi connectivity index (χ2v) is 5.98. The molecule has 6 heteroatoms. The van der Waals surface area contributed by atoms with Crippen LogP contribution in [0.3, 0.4) is 0 Å². The van der Waals surface area contributed by atoms with Crippen molar-refractivity contribution >= 4 is 34.8 Å². The normalized spacial score (nSPS) is 12.5. The van der Waals surface area contributed by atoms with Gasteiger partial charge >= 0.3 is 0 Å². The van der Waals surface area contributed by atoms with Gasteiger partial charge in [-0.25, -0.2) is 0 Å². The van der Waals surface area contributed by atoms with E-state index < -0.39 is 0 Å². The Hall–Kier alpha value is -3.15. The predicted molar refractivity (Wildman–Crippen MR) is 96.9 cm³/mol. The molecule has 0 atom stereocenters. The van der Waals surface area contributed by atoms with Gasteiger partial charge in [-0.2, -0.15) is 0 Å². The smallest absolute Gasteiger partial charge is 0.255 e. The first kappa shape index (κ1) is 16.7. The van der Waals surface area contributed by atoms with Gasteiger partial charge in [-0.15, -0.1) is 0 Å². The molecule has 6 nitrogen and oxygen atoms in total. The molecular formula is C19H19N3O3. The number of hydrogen-bond donors (Lipinski definition) is 2. The third kappa shape index (κ3) is 3.68. The molecule has 0 unspecified atom stereocenters. The van der Waals surface area contributed by atoms with Gasteiger partial charge in [-0.1, -0.05) is 0 Å². The Kier molecular flexibility index (Phi) is 4.52. The average molecular weight is 337 g/mol. The third-order valence-corrected chi connectivity index (χ3v) is 4.08. The van der Waals surface area contributed by atoms with Crippen molar-refractivity contribution in [2.45, 2.75) is 20.3 Å². The fourth-order valence-corrected chi connectivity index (χ4v) is 2.91. The maximum atomic E-state index is 12.4. The first-order valence-corrected chi connectivity index (χ1v) is 8.04. The van der Waals surface area contributed by atoms with Crippen LogP contribution in [0.4, 0.5) is 17.1 Å². The van der Waals surface area contributed by atoms with E-state index >= 15 is 0 Å². The minimum Gasteiger partial charge on any atom is -0.326 e. The van der Waals surface area contributed by atoms with Crippen LogP contribution < -0.4 is 15.5 Å². The highest BCUT2D eigenvalue weighted by atomic mass is 16.2. The van der Waals surface area contributed by atoms with E-state index in [1.54, 1.807) is 42.2 Å². The highest BCUT2D eigenvalue weighted by molar-refractivity contribution is 6.05. The minimum absolute atomic E-state index is 0.00946. The van der Waals surface area contributed by atoms with Crippen LogP contribution in [0.2, 0.25) is 0 Å². The highest BCUT2D eigenvalue weighted by Crippen LogP contribution is 2.29. The zero-order chi connectivity index (χ0) is 18.0. The molecule has 2 aromatic rings. The molecule has 3 amide bonds. The van der Waals surface area contributed by atoms with Gasteiger partial charge in [0.15, 0.2) is 0 Å². The predicted octanol–water partition coefficient (Wildman–Crippen LogP) is 2.81. The minimum atomic E-state index is -0.212. The molecule has 2 aromatic carbocycles. The number of anilines is 3. The highest BCUT2D eigenvalue weighted by Gasteiger charge is 2.23. The summed E-state index contributed by atoms with van der Waals surface area (Å²) in [5.41, 5.74) is 3.75. The SMILES string of the molecule is CC(=O)Nc1ccc(NC(=O)c2ccc3c(c2)CCN3C(C)=O)cc1. The lowest BCUT2D eigenvalue weighted by molar-refractivity contribution is -0.116. The fraction of sp³-hybridized carbons (Fsp3) is 0.211. The number of carbonyl (C=O) groups is 3. The number of nitrogens with zero attached hydrogens (tertiary/aromatic N) is 1. The van der Waals surface area contributed by atoms with E-state index in [-0.39, 0.29) is 17.7 Å². The molecule has 2 N–H and O–H groups in total. The molecule has 0 aromatic heterocycles. The zero-order valence-corrected chi connectivity index (χ0v) is 14.1. The van der Waals surface area contributed by atoms with E-state index in [0.717, 1.165) is 17.7 Å². The molecule has 128 valence electrons. The van der Waals surface area contributed by atoms with Crippen LogP contribution in [0, 0.1) is 0 Å². The number of hydrogen-bond acceptors (Lipinski definition) is 3. The number of nitrogens with one attached hydrogen (secondary N) is 2. The Bertz CT molecular complexity index is 843. The molecular weight excluding hydrogens is 318 g/mol. The lowest BCUT2D eigenvalue weighted by Gasteiger charge is -2.14. The van der Waals surface area contributed by atoms with Crippen molar-refractivity contribution in [2.75, 3.05) is 22.1 Å². The summed E-state index contributed by atoms with van der Waals surface area (Å²) in [6, 6.07) is 12.3. The molecule has 0 aliphatic carbocycles. The van der Waals surface area contributed by atoms with Crippen molar-refractivity contribution in [1.82, 2.24) is 0 Å². The molecule has 0 saturated heterocycles. The summed E-state index contributed by atoms with van der Waals surface area (Å²) >= 11 is 0. The number of rotatable bonds is 3. The average Bonchev–Trinajstić information content (AvgIpc) is 2.99. The summed E-state index contributed by atoms with van der Waals surface area (Å²) in [5, 5.41) is 5.51. The molecule has 1 aliphatic rings. The van der Waals surface area contributed by atoms with Gasteiger partial charge in [0.25, 0.3) is 5.91 Å². The summed E-state index contributed by atoms with van der Waals surface area (Å²) < 4.78 is 0. The van der Waals surface area contributed by atoms with Crippen LogP contribution in [-0.4, -0.2) is 24.3 Å². The van der Waals surface area contributed by atoms with Crippen LogP contribution in [0.5, 0.6) is 0 Å². The van der Waals surface area contributed by atoms with Crippen molar-refractivity contribution < 1.29 is 14.4 Å². The van der Waals surface area contributed by atoms with Gasteiger partial charge in [0.2, 0.25) is 11.8 Å². The molecule has 0 spiro atoms. The molecule has 1 heterocycles. The number of amides is 3. The van der Waals surface area contributed by atoms with Crippen molar-refractivity contribution in [3.05, 3.63) is 53.6 Å². The number of benzene rings is 2. The van der Waals surface area contributed by atoms with Crippen molar-refractivity contribution in [1.29, 1.82) is 0 Å². The van der Waals surface area contributed by atoms with Crippen molar-refractivity contribution in [3.63, 3.8) is 0 Å². The topological polar surface area (TPSA) is 78.5 Å². The van der Waals surface area contributed by atoms with Crippen LogP contribution in [0.15, 0.2) is 42.5 Å². The van der Waals surface area contributed by atoms with E-state index in [1.165, 1.54) is 6.92 Å². The molecule has 1 aliphatic heterocycles. The van der Waals surface area contributed by atoms with Crippen LogP contribution in [0.1, 0.15) is 29.8 Å². The number of fused-ring (bicyclic) bond motifs is 1. The van der Waals surface area contributed by atoms with E-state index in [4.69, 9.17) is 0 Å². The lowest BCUT2D eigenvalue weighted by atomic mass is 10.1. The largest absolute Gasteiger partial charge is 0.326 e. The summed E-state index contributed by atoms with van der Waals surface area (Å²) in [5.74, 6) is -0.346. The quantitative estimate of drug-likeness (QED) is 0.904. The van der Waals surface area contributed by atoms with Gasteiger partial charge in [0, 0.05) is 43.0 Å². The fourth-order valence-electron chi connectivity index (χ4n) is 2.91. The Labute approximate surface area is 145 Å². The molecule has 0 saturated carbocycles. The first-order chi connectivity index (χ1) is 11.9. The van der Waals surface area contributed by atoms with Crippen molar-refractivity contribution in [3.8, 4) is 0 Å². The monoisotopic (exact) mass is 337 g/mol. The van der Waals surface area contributed by atoms with Crippen molar-refractivity contribution in [2.24, 2.45) is 0 Å². The maximum absolute atomic E-state index is 12.4. The maximum Gasteiger partial charge on any atom is 0.255 e. The van der Waals surface area contributed by atoms with Crippen LogP contribution >= 0.6 is 0 Å². The lowest BCUT2D eigenvalue weighted by Crippen LogP contribution is -2.25. The Morgan fingerprint density at radius 2 is 1.56 bits per heavy atom. The van der Waals surface area contributed by atoms with E-state index in [0.29, 0.717) is 23.5 Å². The summed E-state index contributed by atoms with van der Waals surface area (Å²) in [6.45, 7) is 3.64. The van der Waals surface area contributed by atoms with Crippen LogP contribution in [-0.2, 0) is 16.0 Å². The second kappa shape index (κ2) is 6.76. The standard InChI is InChI=1S/C19H19N3O3/c1-12(23)20-16-4-6-17(7-5-16)21-19(25)15-3-8-18-14(11-15)9-10-22(18)13(2)24/h3-8,11H,9-10H2,1-2H3,(H,20,23)(H,21,25). The Morgan fingerprint density at radius 1 is 0.920 bits per heavy atom. The van der Waals surface area contributed by atoms with Gasteiger partial charge < -0.3 is 15.5 Å². The molecule has 0 fully saturated rings. The second-order valence-electron chi connectivity index (χ2n) is 5.98. The first-order valence-electron chi connectivity index (χ1n) is 8.04. The Balaban J connectivity index is 1.72. The zero-order valence-electron chi connectivity index (χ0n) is 14.1. The summed E-state index contributed by atoms with van der Waals surface area (Å²) in [7, 11) is 0. The van der Waals surface area contributed by atoms with Crippen LogP contribution in [0.25, 0.3) is 0 Å². The number of carbonyl (C=O) groups excluding carboxylic acids is 3. The van der Waals surface area contributed by atoms with Gasteiger partial charge in [0.1, 0.15) is 0 Å².